The fraction of sp³-hybridized carbons (Fsp3) is 0.333. The minimum absolute atomic E-state index is 0.320. The molecule has 128 valence electrons. The zero-order chi connectivity index (χ0) is 17.2. The molecule has 0 radical (unpaired) electrons. The van der Waals surface area contributed by atoms with Crippen LogP contribution < -0.4 is 15.8 Å². The number of aryl methyl sites for hydroxylation is 1. The lowest BCUT2D eigenvalue weighted by Crippen LogP contribution is -2.08. The van der Waals surface area contributed by atoms with Gasteiger partial charge < -0.3 is 20.5 Å². The van der Waals surface area contributed by atoms with Gasteiger partial charge in [-0.2, -0.15) is 0 Å². The number of nitrogens with two attached hydrogens (primary N) is 1. The Morgan fingerprint density at radius 1 is 1.29 bits per heavy atom. The summed E-state index contributed by atoms with van der Waals surface area (Å²) in [5, 5.41) is 3.19. The predicted molar refractivity (Wildman–Crippen MR) is 96.0 cm³/mol. The third-order valence-corrected chi connectivity index (χ3v) is 3.30. The highest BCUT2D eigenvalue weighted by molar-refractivity contribution is 5.48. The van der Waals surface area contributed by atoms with Crippen molar-refractivity contribution in [3.8, 4) is 5.75 Å². The van der Waals surface area contributed by atoms with Gasteiger partial charge in [0.2, 0.25) is 5.95 Å². The summed E-state index contributed by atoms with van der Waals surface area (Å²) in [7, 11) is 0. The Hall–Kier alpha value is -2.76. The van der Waals surface area contributed by atoms with Gasteiger partial charge >= 0.3 is 0 Å². The second-order valence-corrected chi connectivity index (χ2v) is 5.23. The molecule has 0 saturated heterocycles. The highest BCUT2D eigenvalue weighted by Gasteiger charge is 2.06. The van der Waals surface area contributed by atoms with Gasteiger partial charge in [0.15, 0.2) is 0 Å². The van der Waals surface area contributed by atoms with E-state index in [9.17, 15) is 0 Å². The lowest BCUT2D eigenvalue weighted by molar-refractivity contribution is 0.181. The normalized spacial score (nSPS) is 10.2. The lowest BCUT2D eigenvalue weighted by Gasteiger charge is -2.14. The first kappa shape index (κ1) is 17.6. The van der Waals surface area contributed by atoms with E-state index in [1.165, 1.54) is 0 Å². The number of nitrogen functional groups attached to an aromatic ring is 1. The molecule has 0 bridgehead atoms. The number of ether oxygens (including phenoxy) is 2. The molecule has 0 saturated carbocycles. The smallest absolute Gasteiger partial charge is 0.222 e. The summed E-state index contributed by atoms with van der Waals surface area (Å²) in [5.74, 6) is 2.01. The summed E-state index contributed by atoms with van der Waals surface area (Å²) in [6, 6.07) is 7.50. The van der Waals surface area contributed by atoms with E-state index in [-0.39, 0.29) is 0 Å². The van der Waals surface area contributed by atoms with Crippen LogP contribution in [0.1, 0.15) is 18.9 Å². The molecule has 0 aliphatic carbocycles. The zero-order valence-electron chi connectivity index (χ0n) is 14.0. The minimum atomic E-state index is 0.320. The highest BCUT2D eigenvalue weighted by atomic mass is 16.5. The van der Waals surface area contributed by atoms with Gasteiger partial charge in [0.1, 0.15) is 18.1 Å². The Morgan fingerprint density at radius 3 is 2.83 bits per heavy atom. The van der Waals surface area contributed by atoms with Crippen LogP contribution in [0.5, 0.6) is 5.75 Å². The van der Waals surface area contributed by atoms with E-state index in [1.54, 1.807) is 18.5 Å². The molecule has 0 aliphatic heterocycles. The van der Waals surface area contributed by atoms with Crippen molar-refractivity contribution in [2.75, 3.05) is 30.8 Å². The topological polar surface area (TPSA) is 82.3 Å². The molecule has 1 aromatic heterocycles. The Labute approximate surface area is 142 Å². The van der Waals surface area contributed by atoms with Gasteiger partial charge in [0.05, 0.1) is 6.61 Å². The van der Waals surface area contributed by atoms with Crippen LogP contribution in [0.3, 0.4) is 0 Å². The third-order valence-electron chi connectivity index (χ3n) is 3.30. The van der Waals surface area contributed by atoms with Crippen LogP contribution in [0.25, 0.3) is 0 Å². The quantitative estimate of drug-likeness (QED) is 0.396. The van der Waals surface area contributed by atoms with Gasteiger partial charge in [0, 0.05) is 30.7 Å². The second kappa shape index (κ2) is 9.39. The van der Waals surface area contributed by atoms with Crippen molar-refractivity contribution < 1.29 is 9.47 Å². The van der Waals surface area contributed by atoms with E-state index in [4.69, 9.17) is 15.2 Å². The van der Waals surface area contributed by atoms with E-state index in [1.807, 2.05) is 25.1 Å². The van der Waals surface area contributed by atoms with Crippen molar-refractivity contribution >= 4 is 11.6 Å². The largest absolute Gasteiger partial charge is 0.495 e. The average molecular weight is 328 g/mol. The fourth-order valence-electron chi connectivity index (χ4n) is 2.19. The monoisotopic (exact) mass is 328 g/mol. The van der Waals surface area contributed by atoms with E-state index in [0.29, 0.717) is 30.6 Å². The third kappa shape index (κ3) is 5.79. The van der Waals surface area contributed by atoms with Gasteiger partial charge in [-0.1, -0.05) is 12.6 Å². The molecule has 0 aliphatic rings. The van der Waals surface area contributed by atoms with Gasteiger partial charge in [0.25, 0.3) is 0 Å². The summed E-state index contributed by atoms with van der Waals surface area (Å²) >= 11 is 0. The maximum atomic E-state index is 5.86. The van der Waals surface area contributed by atoms with Crippen molar-refractivity contribution in [3.05, 3.63) is 54.6 Å². The lowest BCUT2D eigenvalue weighted by atomic mass is 10.1. The molecular formula is C18H24N4O2. The number of hydrogen-bond acceptors (Lipinski definition) is 6. The van der Waals surface area contributed by atoms with Crippen LogP contribution in [0.15, 0.2) is 49.0 Å². The molecule has 6 nitrogen and oxygen atoms in total. The molecule has 0 fully saturated rings. The van der Waals surface area contributed by atoms with Crippen molar-refractivity contribution in [2.24, 2.45) is 0 Å². The number of anilines is 2. The highest BCUT2D eigenvalue weighted by Crippen LogP contribution is 2.23. The van der Waals surface area contributed by atoms with E-state index < -0.39 is 0 Å². The molecule has 0 unspecified atom stereocenters. The summed E-state index contributed by atoms with van der Waals surface area (Å²) < 4.78 is 11.1. The van der Waals surface area contributed by atoms with E-state index >= 15 is 0 Å². The van der Waals surface area contributed by atoms with E-state index in [0.717, 1.165) is 30.7 Å². The molecule has 2 rings (SSSR count). The van der Waals surface area contributed by atoms with Crippen LogP contribution in [0.2, 0.25) is 0 Å². The summed E-state index contributed by atoms with van der Waals surface area (Å²) in [4.78, 5) is 8.26. The van der Waals surface area contributed by atoms with Gasteiger partial charge in [-0.15, -0.1) is 0 Å². The van der Waals surface area contributed by atoms with Crippen molar-refractivity contribution in [3.63, 3.8) is 0 Å². The first-order chi connectivity index (χ1) is 11.7. The molecule has 6 heteroatoms. The first-order valence-corrected chi connectivity index (χ1v) is 8.01. The van der Waals surface area contributed by atoms with Crippen LogP contribution in [-0.2, 0) is 11.2 Å². The average Bonchev–Trinajstić information content (AvgIpc) is 2.59. The van der Waals surface area contributed by atoms with Crippen molar-refractivity contribution in [1.29, 1.82) is 0 Å². The number of benzene rings is 1. The Bertz CT molecular complexity index is 647. The van der Waals surface area contributed by atoms with Crippen LogP contribution >= 0.6 is 0 Å². The summed E-state index contributed by atoms with van der Waals surface area (Å²) in [5.41, 5.74) is 7.63. The van der Waals surface area contributed by atoms with Crippen molar-refractivity contribution in [1.82, 2.24) is 9.97 Å². The number of aromatic nitrogens is 2. The Kier molecular flexibility index (Phi) is 6.89. The standard InChI is InChI=1S/C18H24N4O2/c1-3-23-14(2)13-24-17-12-16(19)8-7-15(17)6-4-9-20-18-21-10-5-11-22-18/h5,7-8,10-12H,2-4,6,9,13,19H2,1H3,(H,20,21,22). The van der Waals surface area contributed by atoms with Crippen molar-refractivity contribution in [2.45, 2.75) is 19.8 Å². The predicted octanol–water partition coefficient (Wildman–Crippen LogP) is 3.03. The number of nitrogens with one attached hydrogen (secondary N) is 1. The maximum absolute atomic E-state index is 5.86. The number of nitrogens with zero attached hydrogens (tertiary/aromatic N) is 2. The molecule has 3 N–H and O–H groups in total. The van der Waals surface area contributed by atoms with Crippen LogP contribution in [-0.4, -0.2) is 29.7 Å². The molecule has 0 atom stereocenters. The number of rotatable bonds is 10. The Balaban J connectivity index is 1.86. The SMILES string of the molecule is C=C(COc1cc(N)ccc1CCCNc1ncccn1)OCC. The Morgan fingerprint density at radius 2 is 2.08 bits per heavy atom. The minimum Gasteiger partial charge on any atom is -0.495 e. The maximum Gasteiger partial charge on any atom is 0.222 e. The zero-order valence-corrected chi connectivity index (χ0v) is 14.0. The molecule has 1 heterocycles. The fourth-order valence-corrected chi connectivity index (χ4v) is 2.19. The summed E-state index contributed by atoms with van der Waals surface area (Å²) in [6.07, 6.45) is 5.21. The molecule has 0 spiro atoms. The molecule has 24 heavy (non-hydrogen) atoms. The van der Waals surface area contributed by atoms with Crippen LogP contribution in [0.4, 0.5) is 11.6 Å². The number of hydrogen-bond donors (Lipinski definition) is 2. The van der Waals surface area contributed by atoms with Crippen LogP contribution in [0, 0.1) is 0 Å². The van der Waals surface area contributed by atoms with Gasteiger partial charge in [-0.25, -0.2) is 9.97 Å². The molecule has 2 aromatic rings. The van der Waals surface area contributed by atoms with Gasteiger partial charge in [-0.3, -0.25) is 0 Å². The second-order valence-electron chi connectivity index (χ2n) is 5.23. The van der Waals surface area contributed by atoms with Gasteiger partial charge in [-0.05, 0) is 37.5 Å². The summed E-state index contributed by atoms with van der Waals surface area (Å²) in [6.45, 7) is 7.42. The molecule has 0 amide bonds. The molecular weight excluding hydrogens is 304 g/mol. The molecule has 1 aromatic carbocycles. The first-order valence-electron chi connectivity index (χ1n) is 8.01. The van der Waals surface area contributed by atoms with E-state index in [2.05, 4.69) is 21.9 Å².